The lowest BCUT2D eigenvalue weighted by molar-refractivity contribution is 0.0520. The Labute approximate surface area is 135 Å². The summed E-state index contributed by atoms with van der Waals surface area (Å²) < 4.78 is 16.0. The normalized spacial score (nSPS) is 11.5. The second kappa shape index (κ2) is 13.8. The van der Waals surface area contributed by atoms with Crippen LogP contribution >= 0.6 is 0 Å². The average Bonchev–Trinajstić information content (AvgIpc) is 2.42. The molecule has 0 aliphatic heterocycles. The summed E-state index contributed by atoms with van der Waals surface area (Å²) >= 11 is 0. The van der Waals surface area contributed by atoms with Crippen LogP contribution in [0.1, 0.15) is 47.0 Å². The standard InChI is InChI=1S/C16H34N2O4/c1-5-6-11-20-13-9-17-10-14-21-12-7-8-18-15(19)22-16(2,3)4/h17H,5-14H2,1-4H3,(H,18,19). The predicted octanol–water partition coefficient (Wildman–Crippen LogP) is 2.32. The third-order valence-electron chi connectivity index (χ3n) is 2.62. The first-order valence-electron chi connectivity index (χ1n) is 8.28. The van der Waals surface area contributed by atoms with Crippen LogP contribution in [0.25, 0.3) is 0 Å². The summed E-state index contributed by atoms with van der Waals surface area (Å²) in [4.78, 5) is 11.4. The maximum Gasteiger partial charge on any atom is 0.407 e. The number of carbonyl (C=O) groups is 1. The van der Waals surface area contributed by atoms with Crippen molar-refractivity contribution in [2.45, 2.75) is 52.6 Å². The fourth-order valence-electron chi connectivity index (χ4n) is 1.54. The Balaban J connectivity index is 3.16. The summed E-state index contributed by atoms with van der Waals surface area (Å²) in [5, 5.41) is 5.96. The van der Waals surface area contributed by atoms with Gasteiger partial charge in [-0.25, -0.2) is 4.79 Å². The number of rotatable bonds is 13. The molecule has 0 aromatic rings. The predicted molar refractivity (Wildman–Crippen MR) is 88.3 cm³/mol. The molecule has 0 atom stereocenters. The minimum atomic E-state index is -0.452. The van der Waals surface area contributed by atoms with E-state index in [1.807, 2.05) is 20.8 Å². The molecular weight excluding hydrogens is 284 g/mol. The van der Waals surface area contributed by atoms with Gasteiger partial charge in [0.1, 0.15) is 5.60 Å². The van der Waals surface area contributed by atoms with E-state index in [0.717, 1.165) is 39.1 Å². The van der Waals surface area contributed by atoms with Gasteiger partial charge in [-0.05, 0) is 33.6 Å². The zero-order chi connectivity index (χ0) is 16.7. The van der Waals surface area contributed by atoms with Gasteiger partial charge in [0.2, 0.25) is 0 Å². The number of hydrogen-bond acceptors (Lipinski definition) is 5. The van der Waals surface area contributed by atoms with Crippen LogP contribution < -0.4 is 10.6 Å². The molecule has 0 unspecified atom stereocenters. The van der Waals surface area contributed by atoms with Crippen LogP contribution in [-0.2, 0) is 14.2 Å². The quantitative estimate of drug-likeness (QED) is 0.510. The minimum absolute atomic E-state index is 0.378. The van der Waals surface area contributed by atoms with Crippen LogP contribution in [-0.4, -0.2) is 57.8 Å². The molecule has 1 amide bonds. The third kappa shape index (κ3) is 17.2. The number of carbonyl (C=O) groups excluding carboxylic acids is 1. The summed E-state index contributed by atoms with van der Waals surface area (Å²) in [5.74, 6) is 0. The first-order valence-corrected chi connectivity index (χ1v) is 8.28. The molecule has 0 radical (unpaired) electrons. The van der Waals surface area contributed by atoms with Gasteiger partial charge in [-0.15, -0.1) is 0 Å². The van der Waals surface area contributed by atoms with Crippen molar-refractivity contribution in [1.82, 2.24) is 10.6 Å². The van der Waals surface area contributed by atoms with Crippen molar-refractivity contribution >= 4 is 6.09 Å². The molecule has 132 valence electrons. The molecule has 0 fully saturated rings. The van der Waals surface area contributed by atoms with E-state index >= 15 is 0 Å². The van der Waals surface area contributed by atoms with Gasteiger partial charge < -0.3 is 24.8 Å². The molecule has 0 saturated carbocycles. The van der Waals surface area contributed by atoms with Crippen LogP contribution in [0.15, 0.2) is 0 Å². The van der Waals surface area contributed by atoms with E-state index in [4.69, 9.17) is 14.2 Å². The van der Waals surface area contributed by atoms with Gasteiger partial charge in [-0.2, -0.15) is 0 Å². The lowest BCUT2D eigenvalue weighted by Gasteiger charge is -2.19. The fourth-order valence-corrected chi connectivity index (χ4v) is 1.54. The number of ether oxygens (including phenoxy) is 3. The first-order chi connectivity index (χ1) is 10.5. The molecule has 2 N–H and O–H groups in total. The van der Waals surface area contributed by atoms with E-state index < -0.39 is 5.60 Å². The molecule has 0 bridgehead atoms. The van der Waals surface area contributed by atoms with Crippen LogP contribution in [0.3, 0.4) is 0 Å². The van der Waals surface area contributed by atoms with Gasteiger partial charge in [0.05, 0.1) is 13.2 Å². The summed E-state index contributed by atoms with van der Waals surface area (Å²) in [6, 6.07) is 0. The smallest absolute Gasteiger partial charge is 0.407 e. The van der Waals surface area contributed by atoms with Gasteiger partial charge >= 0.3 is 6.09 Å². The van der Waals surface area contributed by atoms with Crippen LogP contribution in [0.4, 0.5) is 4.79 Å². The minimum Gasteiger partial charge on any atom is -0.444 e. The fraction of sp³-hybridized carbons (Fsp3) is 0.938. The van der Waals surface area contributed by atoms with E-state index in [1.54, 1.807) is 0 Å². The van der Waals surface area contributed by atoms with Crippen molar-refractivity contribution in [2.75, 3.05) is 46.1 Å². The molecule has 0 aromatic carbocycles. The SMILES string of the molecule is CCCCOCCNCCOCCCNC(=O)OC(C)(C)C. The molecule has 0 saturated heterocycles. The number of amides is 1. The molecular formula is C16H34N2O4. The Bertz CT molecular complexity index is 267. The maximum atomic E-state index is 11.4. The number of alkyl carbamates (subject to hydrolysis) is 1. The molecule has 22 heavy (non-hydrogen) atoms. The number of hydrogen-bond donors (Lipinski definition) is 2. The van der Waals surface area contributed by atoms with Gasteiger partial charge in [0.25, 0.3) is 0 Å². The highest BCUT2D eigenvalue weighted by atomic mass is 16.6. The summed E-state index contributed by atoms with van der Waals surface area (Å²) in [7, 11) is 0. The van der Waals surface area contributed by atoms with E-state index in [1.165, 1.54) is 6.42 Å². The molecule has 0 aromatic heterocycles. The highest BCUT2D eigenvalue weighted by Crippen LogP contribution is 2.06. The Morgan fingerprint density at radius 3 is 2.05 bits per heavy atom. The second-order valence-electron chi connectivity index (χ2n) is 6.11. The molecule has 0 rings (SSSR count). The van der Waals surface area contributed by atoms with Crippen LogP contribution in [0, 0.1) is 0 Å². The van der Waals surface area contributed by atoms with Gasteiger partial charge in [0, 0.05) is 32.8 Å². The van der Waals surface area contributed by atoms with Crippen molar-refractivity contribution in [1.29, 1.82) is 0 Å². The Morgan fingerprint density at radius 2 is 1.50 bits per heavy atom. The Hall–Kier alpha value is -0.850. The summed E-state index contributed by atoms with van der Waals surface area (Å²) in [5.41, 5.74) is -0.452. The van der Waals surface area contributed by atoms with E-state index in [0.29, 0.717) is 19.8 Å². The van der Waals surface area contributed by atoms with E-state index in [-0.39, 0.29) is 6.09 Å². The first kappa shape index (κ1) is 21.1. The van der Waals surface area contributed by atoms with Crippen molar-refractivity contribution < 1.29 is 19.0 Å². The highest BCUT2D eigenvalue weighted by Gasteiger charge is 2.15. The summed E-state index contributed by atoms with van der Waals surface area (Å²) in [6.45, 7) is 12.8. The van der Waals surface area contributed by atoms with Gasteiger partial charge in [0.15, 0.2) is 0 Å². The second-order valence-corrected chi connectivity index (χ2v) is 6.11. The van der Waals surface area contributed by atoms with Crippen molar-refractivity contribution in [3.05, 3.63) is 0 Å². The monoisotopic (exact) mass is 318 g/mol. The Morgan fingerprint density at radius 1 is 0.909 bits per heavy atom. The van der Waals surface area contributed by atoms with Crippen LogP contribution in [0.5, 0.6) is 0 Å². The van der Waals surface area contributed by atoms with Crippen molar-refractivity contribution in [3.63, 3.8) is 0 Å². The Kier molecular flexibility index (Phi) is 13.3. The third-order valence-corrected chi connectivity index (χ3v) is 2.62. The molecule has 6 nitrogen and oxygen atoms in total. The zero-order valence-corrected chi connectivity index (χ0v) is 14.7. The van der Waals surface area contributed by atoms with E-state index in [9.17, 15) is 4.79 Å². The van der Waals surface area contributed by atoms with Crippen LogP contribution in [0.2, 0.25) is 0 Å². The molecule has 6 heteroatoms. The molecule has 0 aliphatic rings. The zero-order valence-electron chi connectivity index (χ0n) is 14.7. The lowest BCUT2D eigenvalue weighted by atomic mass is 10.2. The van der Waals surface area contributed by atoms with Crippen molar-refractivity contribution in [3.8, 4) is 0 Å². The molecule has 0 spiro atoms. The van der Waals surface area contributed by atoms with E-state index in [2.05, 4.69) is 17.6 Å². The average molecular weight is 318 g/mol. The topological polar surface area (TPSA) is 68.8 Å². The number of nitrogens with one attached hydrogen (secondary N) is 2. The molecule has 0 heterocycles. The number of unbranched alkanes of at least 4 members (excludes halogenated alkanes) is 1. The van der Waals surface area contributed by atoms with Crippen molar-refractivity contribution in [2.24, 2.45) is 0 Å². The van der Waals surface area contributed by atoms with Gasteiger partial charge in [-0.3, -0.25) is 0 Å². The lowest BCUT2D eigenvalue weighted by Crippen LogP contribution is -2.33. The molecule has 0 aliphatic carbocycles. The highest BCUT2D eigenvalue weighted by molar-refractivity contribution is 5.67. The van der Waals surface area contributed by atoms with Gasteiger partial charge in [-0.1, -0.05) is 13.3 Å². The maximum absolute atomic E-state index is 11.4. The largest absolute Gasteiger partial charge is 0.444 e. The summed E-state index contributed by atoms with van der Waals surface area (Å²) in [6.07, 6.45) is 2.70.